The van der Waals surface area contributed by atoms with E-state index in [0.717, 1.165) is 37.0 Å². The lowest BCUT2D eigenvalue weighted by molar-refractivity contribution is 0.726. The fourth-order valence-corrected chi connectivity index (χ4v) is 2.62. The molecule has 2 rings (SSSR count). The van der Waals surface area contributed by atoms with Gasteiger partial charge in [-0.05, 0) is 26.2 Å². The number of rotatable bonds is 3. The van der Waals surface area contributed by atoms with E-state index in [4.69, 9.17) is 9.97 Å². The molecule has 0 unspecified atom stereocenters. The zero-order chi connectivity index (χ0) is 13.0. The number of anilines is 2. The maximum atomic E-state index is 4.69. The molecule has 1 aromatic rings. The Morgan fingerprint density at radius 2 is 1.78 bits per heavy atom. The molecule has 0 aliphatic carbocycles. The summed E-state index contributed by atoms with van der Waals surface area (Å²) in [6.45, 7) is 6.42. The standard InChI is InChI=1S/C14H24N4/c1-4-12-11(2)16-14(17-13(12)15-3)18-9-7-5-6-8-10-18/h4-10H2,1-3H3,(H,15,16,17). The first-order valence-electron chi connectivity index (χ1n) is 7.06. The number of nitrogens with zero attached hydrogens (tertiary/aromatic N) is 3. The highest BCUT2D eigenvalue weighted by Crippen LogP contribution is 2.22. The number of hydrogen-bond donors (Lipinski definition) is 1. The molecular formula is C14H24N4. The number of aromatic nitrogens is 2. The van der Waals surface area contributed by atoms with Gasteiger partial charge in [0.1, 0.15) is 5.82 Å². The average Bonchev–Trinajstić information content (AvgIpc) is 2.66. The van der Waals surface area contributed by atoms with E-state index in [2.05, 4.69) is 24.1 Å². The molecule has 0 atom stereocenters. The van der Waals surface area contributed by atoms with Crippen molar-refractivity contribution < 1.29 is 0 Å². The molecule has 1 N–H and O–H groups in total. The van der Waals surface area contributed by atoms with Gasteiger partial charge in [-0.25, -0.2) is 4.98 Å². The Balaban J connectivity index is 2.29. The average molecular weight is 248 g/mol. The summed E-state index contributed by atoms with van der Waals surface area (Å²) in [5, 5.41) is 3.20. The third-order valence-electron chi connectivity index (χ3n) is 3.68. The van der Waals surface area contributed by atoms with Gasteiger partial charge >= 0.3 is 0 Å². The van der Waals surface area contributed by atoms with Gasteiger partial charge in [0.15, 0.2) is 0 Å². The van der Waals surface area contributed by atoms with E-state index in [1.807, 2.05) is 7.05 Å². The van der Waals surface area contributed by atoms with Gasteiger partial charge in [-0.2, -0.15) is 4.98 Å². The minimum absolute atomic E-state index is 0.899. The van der Waals surface area contributed by atoms with E-state index < -0.39 is 0 Å². The first-order chi connectivity index (χ1) is 8.76. The second-order valence-electron chi connectivity index (χ2n) is 4.94. The van der Waals surface area contributed by atoms with Crippen LogP contribution in [-0.2, 0) is 6.42 Å². The van der Waals surface area contributed by atoms with Gasteiger partial charge in [-0.15, -0.1) is 0 Å². The van der Waals surface area contributed by atoms with Crippen molar-refractivity contribution in [3.8, 4) is 0 Å². The smallest absolute Gasteiger partial charge is 0.227 e. The van der Waals surface area contributed by atoms with Crippen LogP contribution in [0.3, 0.4) is 0 Å². The first-order valence-corrected chi connectivity index (χ1v) is 7.06. The molecular weight excluding hydrogens is 224 g/mol. The van der Waals surface area contributed by atoms with Crippen LogP contribution in [0.5, 0.6) is 0 Å². The molecule has 0 spiro atoms. The van der Waals surface area contributed by atoms with Crippen molar-refractivity contribution in [1.82, 2.24) is 9.97 Å². The Morgan fingerprint density at radius 1 is 1.11 bits per heavy atom. The normalized spacial score (nSPS) is 16.5. The van der Waals surface area contributed by atoms with Crippen molar-refractivity contribution in [3.63, 3.8) is 0 Å². The highest BCUT2D eigenvalue weighted by atomic mass is 15.3. The van der Waals surface area contributed by atoms with Crippen LogP contribution in [-0.4, -0.2) is 30.1 Å². The third-order valence-corrected chi connectivity index (χ3v) is 3.68. The van der Waals surface area contributed by atoms with Gasteiger partial charge in [0.2, 0.25) is 5.95 Å². The molecule has 0 saturated carbocycles. The van der Waals surface area contributed by atoms with Crippen molar-refractivity contribution in [2.75, 3.05) is 30.4 Å². The van der Waals surface area contributed by atoms with Gasteiger partial charge < -0.3 is 10.2 Å². The van der Waals surface area contributed by atoms with E-state index in [1.54, 1.807) is 0 Å². The molecule has 1 fully saturated rings. The largest absolute Gasteiger partial charge is 0.373 e. The van der Waals surface area contributed by atoms with Gasteiger partial charge in [0.25, 0.3) is 0 Å². The van der Waals surface area contributed by atoms with E-state index in [1.165, 1.54) is 31.2 Å². The summed E-state index contributed by atoms with van der Waals surface area (Å²) in [6, 6.07) is 0. The van der Waals surface area contributed by atoms with Crippen LogP contribution in [0.15, 0.2) is 0 Å². The predicted molar refractivity (Wildman–Crippen MR) is 76.4 cm³/mol. The van der Waals surface area contributed by atoms with Crippen molar-refractivity contribution in [1.29, 1.82) is 0 Å². The summed E-state index contributed by atoms with van der Waals surface area (Å²) in [6.07, 6.45) is 6.16. The molecule has 0 radical (unpaired) electrons. The molecule has 0 bridgehead atoms. The molecule has 1 aliphatic rings. The van der Waals surface area contributed by atoms with E-state index in [9.17, 15) is 0 Å². The lowest BCUT2D eigenvalue weighted by Crippen LogP contribution is -2.26. The van der Waals surface area contributed by atoms with Crippen LogP contribution in [0.4, 0.5) is 11.8 Å². The van der Waals surface area contributed by atoms with Crippen LogP contribution < -0.4 is 10.2 Å². The summed E-state index contributed by atoms with van der Waals surface area (Å²) in [4.78, 5) is 11.7. The molecule has 2 heterocycles. The maximum Gasteiger partial charge on any atom is 0.227 e. The number of aryl methyl sites for hydroxylation is 1. The molecule has 4 heteroatoms. The Labute approximate surface area is 110 Å². The fourth-order valence-electron chi connectivity index (χ4n) is 2.62. The second-order valence-corrected chi connectivity index (χ2v) is 4.94. The highest BCUT2D eigenvalue weighted by molar-refractivity contribution is 5.50. The predicted octanol–water partition coefficient (Wildman–Crippen LogP) is 2.77. The van der Waals surface area contributed by atoms with Crippen molar-refractivity contribution >= 4 is 11.8 Å². The summed E-state index contributed by atoms with van der Waals surface area (Å²) in [5.74, 6) is 1.89. The third kappa shape index (κ3) is 2.74. The Morgan fingerprint density at radius 3 is 2.33 bits per heavy atom. The monoisotopic (exact) mass is 248 g/mol. The van der Waals surface area contributed by atoms with Gasteiger partial charge in [-0.1, -0.05) is 19.8 Å². The molecule has 4 nitrogen and oxygen atoms in total. The fraction of sp³-hybridized carbons (Fsp3) is 0.714. The SMILES string of the molecule is CCc1c(C)nc(N2CCCCCC2)nc1NC. The highest BCUT2D eigenvalue weighted by Gasteiger charge is 2.15. The van der Waals surface area contributed by atoms with Gasteiger partial charge in [0.05, 0.1) is 0 Å². The van der Waals surface area contributed by atoms with Crippen molar-refractivity contribution in [3.05, 3.63) is 11.3 Å². The molecule has 0 amide bonds. The lowest BCUT2D eigenvalue weighted by Gasteiger charge is -2.22. The van der Waals surface area contributed by atoms with Crippen molar-refractivity contribution in [2.24, 2.45) is 0 Å². The summed E-state index contributed by atoms with van der Waals surface area (Å²) in [7, 11) is 1.94. The summed E-state index contributed by atoms with van der Waals surface area (Å²) in [5.41, 5.74) is 2.34. The van der Waals surface area contributed by atoms with Gasteiger partial charge in [0, 0.05) is 31.4 Å². The maximum absolute atomic E-state index is 4.69. The van der Waals surface area contributed by atoms with Crippen LogP contribution in [0.2, 0.25) is 0 Å². The van der Waals surface area contributed by atoms with Crippen LogP contribution >= 0.6 is 0 Å². The molecule has 1 aromatic heterocycles. The molecule has 0 aromatic carbocycles. The van der Waals surface area contributed by atoms with Crippen LogP contribution in [0, 0.1) is 6.92 Å². The second kappa shape index (κ2) is 6.03. The van der Waals surface area contributed by atoms with Crippen LogP contribution in [0.1, 0.15) is 43.9 Å². The molecule has 1 aliphatic heterocycles. The van der Waals surface area contributed by atoms with Crippen molar-refractivity contribution in [2.45, 2.75) is 46.0 Å². The van der Waals surface area contributed by atoms with E-state index >= 15 is 0 Å². The van der Waals surface area contributed by atoms with E-state index in [0.29, 0.717) is 0 Å². The minimum atomic E-state index is 0.899. The zero-order valence-corrected chi connectivity index (χ0v) is 11.8. The molecule has 1 saturated heterocycles. The summed E-state index contributed by atoms with van der Waals surface area (Å²) < 4.78 is 0. The number of hydrogen-bond acceptors (Lipinski definition) is 4. The Hall–Kier alpha value is -1.32. The minimum Gasteiger partial charge on any atom is -0.373 e. The first kappa shape index (κ1) is 13.1. The molecule has 18 heavy (non-hydrogen) atoms. The zero-order valence-electron chi connectivity index (χ0n) is 11.8. The quantitative estimate of drug-likeness (QED) is 0.893. The van der Waals surface area contributed by atoms with E-state index in [-0.39, 0.29) is 0 Å². The summed E-state index contributed by atoms with van der Waals surface area (Å²) >= 11 is 0. The van der Waals surface area contributed by atoms with Crippen LogP contribution in [0.25, 0.3) is 0 Å². The Bertz CT molecular complexity index is 395. The van der Waals surface area contributed by atoms with Gasteiger partial charge in [-0.3, -0.25) is 0 Å². The number of nitrogens with one attached hydrogen (secondary N) is 1. The molecule has 100 valence electrons. The lowest BCUT2D eigenvalue weighted by atomic mass is 10.1. The topological polar surface area (TPSA) is 41.1 Å². The Kier molecular flexibility index (Phi) is 4.39.